The Morgan fingerprint density at radius 3 is 2.32 bits per heavy atom. The molecule has 0 fully saturated rings. The lowest BCUT2D eigenvalue weighted by atomic mass is 10.2. The SMILES string of the molecule is O=S(=O)(Nc1cccc(OCc2ccccc2)c1)c1ccc(Br)cc1. The minimum atomic E-state index is -3.64. The fraction of sp³-hybridized carbons (Fsp3) is 0.0526. The molecule has 0 aromatic heterocycles. The predicted molar refractivity (Wildman–Crippen MR) is 102 cm³/mol. The zero-order valence-corrected chi connectivity index (χ0v) is 15.6. The number of anilines is 1. The average molecular weight is 418 g/mol. The third-order valence-electron chi connectivity index (χ3n) is 3.46. The van der Waals surface area contributed by atoms with E-state index < -0.39 is 10.0 Å². The Kier molecular flexibility index (Phi) is 5.40. The molecule has 0 spiro atoms. The summed E-state index contributed by atoms with van der Waals surface area (Å²) in [6.07, 6.45) is 0. The second kappa shape index (κ2) is 7.72. The summed E-state index contributed by atoms with van der Waals surface area (Å²) in [5.41, 5.74) is 1.50. The number of hydrogen-bond donors (Lipinski definition) is 1. The Morgan fingerprint density at radius 2 is 1.60 bits per heavy atom. The first-order valence-corrected chi connectivity index (χ1v) is 9.86. The van der Waals surface area contributed by atoms with E-state index in [0.29, 0.717) is 18.0 Å². The van der Waals surface area contributed by atoms with Gasteiger partial charge in [0.05, 0.1) is 10.6 Å². The van der Waals surface area contributed by atoms with Crippen molar-refractivity contribution in [1.29, 1.82) is 0 Å². The number of benzene rings is 3. The molecule has 6 heteroatoms. The molecular weight excluding hydrogens is 402 g/mol. The molecule has 0 aliphatic rings. The summed E-state index contributed by atoms with van der Waals surface area (Å²) < 4.78 is 34.0. The van der Waals surface area contributed by atoms with Crippen LogP contribution in [0, 0.1) is 0 Å². The van der Waals surface area contributed by atoms with Crippen molar-refractivity contribution < 1.29 is 13.2 Å². The third kappa shape index (κ3) is 4.84. The first-order chi connectivity index (χ1) is 12.0. The molecule has 3 rings (SSSR count). The minimum Gasteiger partial charge on any atom is -0.489 e. The molecular formula is C19H16BrNO3S. The van der Waals surface area contributed by atoms with Crippen molar-refractivity contribution in [3.63, 3.8) is 0 Å². The van der Waals surface area contributed by atoms with Gasteiger partial charge in [0.25, 0.3) is 10.0 Å². The van der Waals surface area contributed by atoms with Crippen molar-refractivity contribution in [2.24, 2.45) is 0 Å². The Labute approximate surface area is 155 Å². The predicted octanol–water partition coefficient (Wildman–Crippen LogP) is 4.83. The maximum Gasteiger partial charge on any atom is 0.261 e. The van der Waals surface area contributed by atoms with Crippen LogP contribution in [0.3, 0.4) is 0 Å². The summed E-state index contributed by atoms with van der Waals surface area (Å²) in [5.74, 6) is 0.597. The maximum absolute atomic E-state index is 12.4. The van der Waals surface area contributed by atoms with Gasteiger partial charge in [0.2, 0.25) is 0 Å². The highest BCUT2D eigenvalue weighted by atomic mass is 79.9. The van der Waals surface area contributed by atoms with E-state index in [-0.39, 0.29) is 4.90 Å². The van der Waals surface area contributed by atoms with Gasteiger partial charge >= 0.3 is 0 Å². The lowest BCUT2D eigenvalue weighted by molar-refractivity contribution is 0.306. The third-order valence-corrected chi connectivity index (χ3v) is 5.38. The fourth-order valence-corrected chi connectivity index (χ4v) is 3.53. The molecule has 25 heavy (non-hydrogen) atoms. The van der Waals surface area contributed by atoms with Crippen LogP contribution in [0.25, 0.3) is 0 Å². The van der Waals surface area contributed by atoms with Crippen LogP contribution in [0.15, 0.2) is 88.2 Å². The number of halogens is 1. The number of sulfonamides is 1. The van der Waals surface area contributed by atoms with Crippen molar-refractivity contribution in [1.82, 2.24) is 0 Å². The summed E-state index contributed by atoms with van der Waals surface area (Å²) in [6.45, 7) is 0.420. The maximum atomic E-state index is 12.4. The molecule has 3 aromatic carbocycles. The van der Waals surface area contributed by atoms with E-state index in [4.69, 9.17) is 4.74 Å². The van der Waals surface area contributed by atoms with Crippen molar-refractivity contribution >= 4 is 31.6 Å². The smallest absolute Gasteiger partial charge is 0.261 e. The van der Waals surface area contributed by atoms with Crippen molar-refractivity contribution in [3.05, 3.63) is 88.9 Å². The molecule has 128 valence electrons. The molecule has 0 saturated heterocycles. The van der Waals surface area contributed by atoms with E-state index in [0.717, 1.165) is 10.0 Å². The Bertz CT molecular complexity index is 942. The van der Waals surface area contributed by atoms with Crippen molar-refractivity contribution in [2.75, 3.05) is 4.72 Å². The largest absolute Gasteiger partial charge is 0.489 e. The monoisotopic (exact) mass is 417 g/mol. The molecule has 3 aromatic rings. The van der Waals surface area contributed by atoms with Gasteiger partial charge in [-0.15, -0.1) is 0 Å². The van der Waals surface area contributed by atoms with Crippen LogP contribution < -0.4 is 9.46 Å². The first-order valence-electron chi connectivity index (χ1n) is 7.58. The normalized spacial score (nSPS) is 11.1. The summed E-state index contributed by atoms with van der Waals surface area (Å²) in [4.78, 5) is 0.200. The molecule has 0 unspecified atom stereocenters. The van der Waals surface area contributed by atoms with E-state index in [1.165, 1.54) is 0 Å². The van der Waals surface area contributed by atoms with Crippen LogP contribution in [0.1, 0.15) is 5.56 Å². The zero-order chi connectivity index (χ0) is 17.7. The van der Waals surface area contributed by atoms with E-state index in [2.05, 4.69) is 20.7 Å². The lowest BCUT2D eigenvalue weighted by Crippen LogP contribution is -2.12. The molecule has 0 bridgehead atoms. The van der Waals surface area contributed by atoms with Gasteiger partial charge in [-0.25, -0.2) is 8.42 Å². The van der Waals surface area contributed by atoms with Crippen molar-refractivity contribution in [2.45, 2.75) is 11.5 Å². The fourth-order valence-electron chi connectivity index (χ4n) is 2.22. The summed E-state index contributed by atoms with van der Waals surface area (Å²) in [5, 5.41) is 0. The Morgan fingerprint density at radius 1 is 0.880 bits per heavy atom. The average Bonchev–Trinajstić information content (AvgIpc) is 2.61. The van der Waals surface area contributed by atoms with E-state index in [9.17, 15) is 8.42 Å². The van der Waals surface area contributed by atoms with Gasteiger partial charge in [-0.3, -0.25) is 4.72 Å². The molecule has 0 aliphatic carbocycles. The highest BCUT2D eigenvalue weighted by Gasteiger charge is 2.14. The van der Waals surface area contributed by atoms with Crippen LogP contribution >= 0.6 is 15.9 Å². The summed E-state index contributed by atoms with van der Waals surface area (Å²) in [7, 11) is -3.64. The van der Waals surface area contributed by atoms with Gasteiger partial charge < -0.3 is 4.74 Å². The van der Waals surface area contributed by atoms with Gasteiger partial charge in [0.15, 0.2) is 0 Å². The Balaban J connectivity index is 1.72. The summed E-state index contributed by atoms with van der Waals surface area (Å²) >= 11 is 3.29. The van der Waals surface area contributed by atoms with Crippen molar-refractivity contribution in [3.8, 4) is 5.75 Å². The van der Waals surface area contributed by atoms with Gasteiger partial charge in [0, 0.05) is 10.5 Å². The highest BCUT2D eigenvalue weighted by molar-refractivity contribution is 9.10. The van der Waals surface area contributed by atoms with Gasteiger partial charge in [-0.2, -0.15) is 0 Å². The standard InChI is InChI=1S/C19H16BrNO3S/c20-16-9-11-19(12-10-16)25(22,23)21-17-7-4-8-18(13-17)24-14-15-5-2-1-3-6-15/h1-13,21H,14H2. The number of hydrogen-bond acceptors (Lipinski definition) is 3. The van der Waals surface area contributed by atoms with Crippen LogP contribution in [-0.4, -0.2) is 8.42 Å². The van der Waals surface area contributed by atoms with Crippen LogP contribution in [0.5, 0.6) is 5.75 Å². The molecule has 1 N–H and O–H groups in total. The van der Waals surface area contributed by atoms with Gasteiger partial charge in [0.1, 0.15) is 12.4 Å². The molecule has 0 amide bonds. The second-order valence-corrected chi connectivity index (χ2v) is 7.96. The minimum absolute atomic E-state index is 0.200. The molecule has 0 atom stereocenters. The highest BCUT2D eigenvalue weighted by Crippen LogP contribution is 2.22. The molecule has 0 saturated carbocycles. The molecule has 0 aliphatic heterocycles. The quantitative estimate of drug-likeness (QED) is 0.624. The van der Waals surface area contributed by atoms with Gasteiger partial charge in [-0.1, -0.05) is 52.3 Å². The van der Waals surface area contributed by atoms with E-state index >= 15 is 0 Å². The van der Waals surface area contributed by atoms with Crippen LogP contribution in [0.4, 0.5) is 5.69 Å². The van der Waals surface area contributed by atoms with Gasteiger partial charge in [-0.05, 0) is 42.0 Å². The number of rotatable bonds is 6. The number of ether oxygens (including phenoxy) is 1. The Hall–Kier alpha value is -2.31. The first kappa shape index (κ1) is 17.5. The number of nitrogens with one attached hydrogen (secondary N) is 1. The molecule has 0 heterocycles. The lowest BCUT2D eigenvalue weighted by Gasteiger charge is -2.11. The topological polar surface area (TPSA) is 55.4 Å². The molecule has 0 radical (unpaired) electrons. The molecule has 4 nitrogen and oxygen atoms in total. The zero-order valence-electron chi connectivity index (χ0n) is 13.2. The van der Waals surface area contributed by atoms with Crippen LogP contribution in [-0.2, 0) is 16.6 Å². The van der Waals surface area contributed by atoms with E-state index in [1.54, 1.807) is 48.5 Å². The van der Waals surface area contributed by atoms with Crippen LogP contribution in [0.2, 0.25) is 0 Å². The summed E-state index contributed by atoms with van der Waals surface area (Å²) in [6, 6.07) is 23.1. The second-order valence-electron chi connectivity index (χ2n) is 5.36. The van der Waals surface area contributed by atoms with E-state index in [1.807, 2.05) is 30.3 Å².